The second kappa shape index (κ2) is 6.16. The smallest absolute Gasteiger partial charge is 0.433 e. The number of carbonyl (C=O) groups is 1. The van der Waals surface area contributed by atoms with E-state index in [1.807, 2.05) is 24.3 Å². The SMILES string of the molecule is O=C(/N=C/c1ccco1)OCC1c2ccccc2-c2ccccc21. The molecule has 0 saturated carbocycles. The summed E-state index contributed by atoms with van der Waals surface area (Å²) in [5.74, 6) is 0.559. The van der Waals surface area contributed by atoms with Gasteiger partial charge in [0.25, 0.3) is 0 Å². The Morgan fingerprint density at radius 2 is 1.67 bits per heavy atom. The monoisotopic (exact) mass is 317 g/mol. The Morgan fingerprint density at radius 1 is 1.00 bits per heavy atom. The van der Waals surface area contributed by atoms with Gasteiger partial charge in [-0.15, -0.1) is 0 Å². The molecule has 1 amide bonds. The molecule has 1 heterocycles. The normalized spacial score (nSPS) is 13.0. The summed E-state index contributed by atoms with van der Waals surface area (Å²) in [6, 6.07) is 19.9. The second-order valence-electron chi connectivity index (χ2n) is 5.58. The molecule has 0 fully saturated rings. The molecule has 4 heteroatoms. The minimum atomic E-state index is -0.617. The maximum Gasteiger partial charge on any atom is 0.433 e. The first-order chi connectivity index (χ1) is 11.8. The zero-order valence-corrected chi connectivity index (χ0v) is 12.9. The zero-order chi connectivity index (χ0) is 16.4. The quantitative estimate of drug-likeness (QED) is 0.661. The zero-order valence-electron chi connectivity index (χ0n) is 12.9. The van der Waals surface area contributed by atoms with Crippen LogP contribution in [0.5, 0.6) is 0 Å². The van der Waals surface area contributed by atoms with E-state index in [-0.39, 0.29) is 12.5 Å². The lowest BCUT2D eigenvalue weighted by molar-refractivity contribution is 0.154. The van der Waals surface area contributed by atoms with Gasteiger partial charge in [0.05, 0.1) is 12.5 Å². The van der Waals surface area contributed by atoms with E-state index < -0.39 is 6.09 Å². The van der Waals surface area contributed by atoms with Crippen molar-refractivity contribution in [3.8, 4) is 11.1 Å². The topological polar surface area (TPSA) is 51.8 Å². The number of rotatable bonds is 3. The summed E-state index contributed by atoms with van der Waals surface area (Å²) in [6.45, 7) is 0.266. The van der Waals surface area contributed by atoms with Gasteiger partial charge in [-0.1, -0.05) is 48.5 Å². The molecule has 24 heavy (non-hydrogen) atoms. The fourth-order valence-electron chi connectivity index (χ4n) is 3.11. The lowest BCUT2D eigenvalue weighted by atomic mass is 9.98. The van der Waals surface area contributed by atoms with Crippen LogP contribution in [0.4, 0.5) is 4.79 Å². The van der Waals surface area contributed by atoms with Crippen LogP contribution in [0.25, 0.3) is 11.1 Å². The van der Waals surface area contributed by atoms with Crippen LogP contribution in [0.3, 0.4) is 0 Å². The highest BCUT2D eigenvalue weighted by Crippen LogP contribution is 2.44. The first kappa shape index (κ1) is 14.5. The van der Waals surface area contributed by atoms with Gasteiger partial charge in [-0.25, -0.2) is 4.79 Å². The molecular formula is C20H15NO3. The van der Waals surface area contributed by atoms with Crippen LogP contribution >= 0.6 is 0 Å². The average molecular weight is 317 g/mol. The van der Waals surface area contributed by atoms with Crippen LogP contribution in [-0.4, -0.2) is 18.9 Å². The molecule has 0 N–H and O–H groups in total. The summed E-state index contributed by atoms with van der Waals surface area (Å²) >= 11 is 0. The van der Waals surface area contributed by atoms with E-state index in [0.29, 0.717) is 5.76 Å². The summed E-state index contributed by atoms with van der Waals surface area (Å²) in [6.07, 6.45) is 2.27. The van der Waals surface area contributed by atoms with Crippen molar-refractivity contribution >= 4 is 12.3 Å². The second-order valence-corrected chi connectivity index (χ2v) is 5.58. The summed E-state index contributed by atoms with van der Waals surface area (Å²) in [4.78, 5) is 15.6. The van der Waals surface area contributed by atoms with Crippen molar-refractivity contribution in [2.24, 2.45) is 4.99 Å². The van der Waals surface area contributed by atoms with E-state index in [9.17, 15) is 4.79 Å². The first-order valence-electron chi connectivity index (χ1n) is 7.75. The van der Waals surface area contributed by atoms with Crippen LogP contribution in [0.15, 0.2) is 76.3 Å². The van der Waals surface area contributed by atoms with Gasteiger partial charge in [0.1, 0.15) is 12.4 Å². The van der Waals surface area contributed by atoms with Gasteiger partial charge >= 0.3 is 6.09 Å². The van der Waals surface area contributed by atoms with Crippen LogP contribution in [0, 0.1) is 0 Å². The number of nitrogens with zero attached hydrogens (tertiary/aromatic N) is 1. The highest BCUT2D eigenvalue weighted by Gasteiger charge is 2.28. The molecule has 1 aliphatic rings. The minimum Gasteiger partial charge on any atom is -0.463 e. The largest absolute Gasteiger partial charge is 0.463 e. The molecule has 4 rings (SSSR count). The third-order valence-electron chi connectivity index (χ3n) is 4.18. The molecule has 0 aliphatic heterocycles. The van der Waals surface area contributed by atoms with Gasteiger partial charge in [0.15, 0.2) is 0 Å². The van der Waals surface area contributed by atoms with Crippen molar-refractivity contribution < 1.29 is 13.9 Å². The first-order valence-corrected chi connectivity index (χ1v) is 7.75. The summed E-state index contributed by atoms with van der Waals surface area (Å²) in [7, 11) is 0. The summed E-state index contributed by atoms with van der Waals surface area (Å²) in [5.41, 5.74) is 4.77. The van der Waals surface area contributed by atoms with E-state index in [1.54, 1.807) is 12.1 Å². The molecular weight excluding hydrogens is 302 g/mol. The number of ether oxygens (including phenoxy) is 1. The third kappa shape index (κ3) is 2.63. The fraction of sp³-hybridized carbons (Fsp3) is 0.100. The van der Waals surface area contributed by atoms with Gasteiger partial charge in [-0.3, -0.25) is 0 Å². The molecule has 118 valence electrons. The highest BCUT2D eigenvalue weighted by atomic mass is 16.5. The molecule has 0 radical (unpaired) electrons. The average Bonchev–Trinajstić information content (AvgIpc) is 3.25. The van der Waals surface area contributed by atoms with Gasteiger partial charge in [0.2, 0.25) is 0 Å². The molecule has 0 unspecified atom stereocenters. The Hall–Kier alpha value is -3.14. The van der Waals surface area contributed by atoms with Crippen molar-refractivity contribution in [1.82, 2.24) is 0 Å². The van der Waals surface area contributed by atoms with Gasteiger partial charge in [-0.05, 0) is 34.4 Å². The lowest BCUT2D eigenvalue weighted by Gasteiger charge is -2.12. The van der Waals surface area contributed by atoms with Gasteiger partial charge < -0.3 is 9.15 Å². The number of furan rings is 1. The van der Waals surface area contributed by atoms with E-state index in [2.05, 4.69) is 29.3 Å². The van der Waals surface area contributed by atoms with E-state index in [1.165, 1.54) is 34.7 Å². The standard InChI is InChI=1S/C20H15NO3/c22-20(21-12-14-6-5-11-23-14)24-13-19-17-9-3-1-7-15(17)16-8-2-4-10-18(16)19/h1-12,19H,13H2/b21-12+. The molecule has 0 spiro atoms. The van der Waals surface area contributed by atoms with Gasteiger partial charge in [0, 0.05) is 5.92 Å². The molecule has 4 nitrogen and oxygen atoms in total. The number of aliphatic imine (C=N–C) groups is 1. The Labute approximate surface area is 139 Å². The molecule has 0 bridgehead atoms. The minimum absolute atomic E-state index is 0.0418. The number of hydrogen-bond donors (Lipinski definition) is 0. The summed E-state index contributed by atoms with van der Waals surface area (Å²) in [5, 5.41) is 0. The van der Waals surface area contributed by atoms with E-state index in [0.717, 1.165) is 0 Å². The van der Waals surface area contributed by atoms with Gasteiger partial charge in [-0.2, -0.15) is 4.99 Å². The number of hydrogen-bond acceptors (Lipinski definition) is 3. The van der Waals surface area contributed by atoms with Crippen molar-refractivity contribution in [2.75, 3.05) is 6.61 Å². The Kier molecular flexibility index (Phi) is 3.71. The molecule has 0 atom stereocenters. The van der Waals surface area contributed by atoms with Crippen molar-refractivity contribution in [2.45, 2.75) is 5.92 Å². The van der Waals surface area contributed by atoms with Crippen LogP contribution in [0.1, 0.15) is 22.8 Å². The van der Waals surface area contributed by atoms with Crippen molar-refractivity contribution in [3.05, 3.63) is 83.8 Å². The summed E-state index contributed by atoms with van der Waals surface area (Å²) < 4.78 is 10.5. The van der Waals surface area contributed by atoms with Crippen LogP contribution in [-0.2, 0) is 4.74 Å². The van der Waals surface area contributed by atoms with E-state index >= 15 is 0 Å². The molecule has 3 aromatic rings. The number of amides is 1. The maximum atomic E-state index is 11.9. The van der Waals surface area contributed by atoms with Crippen LogP contribution in [0.2, 0.25) is 0 Å². The number of fused-ring (bicyclic) bond motifs is 3. The fourth-order valence-corrected chi connectivity index (χ4v) is 3.11. The molecule has 1 aliphatic carbocycles. The molecule has 1 aromatic heterocycles. The Balaban J connectivity index is 1.51. The maximum absolute atomic E-state index is 11.9. The third-order valence-corrected chi connectivity index (χ3v) is 4.18. The van der Waals surface area contributed by atoms with Crippen molar-refractivity contribution in [1.29, 1.82) is 0 Å². The highest BCUT2D eigenvalue weighted by molar-refractivity contribution is 5.87. The molecule has 0 saturated heterocycles. The number of carbonyl (C=O) groups excluding carboxylic acids is 1. The van der Waals surface area contributed by atoms with Crippen LogP contribution < -0.4 is 0 Å². The predicted octanol–water partition coefficient (Wildman–Crippen LogP) is 4.65. The van der Waals surface area contributed by atoms with E-state index in [4.69, 9.17) is 9.15 Å². The molecule has 2 aromatic carbocycles. The predicted molar refractivity (Wildman–Crippen MR) is 91.4 cm³/mol. The van der Waals surface area contributed by atoms with Crippen molar-refractivity contribution in [3.63, 3.8) is 0 Å². The number of benzene rings is 2. The lowest BCUT2D eigenvalue weighted by Crippen LogP contribution is -2.10. The Morgan fingerprint density at radius 3 is 2.29 bits per heavy atom. The Bertz CT molecular complexity index is 851.